The highest BCUT2D eigenvalue weighted by atomic mass is 16.5. The predicted molar refractivity (Wildman–Crippen MR) is 120 cm³/mol. The number of aliphatic imine (C=N–C) groups is 1. The zero-order valence-corrected chi connectivity index (χ0v) is 18.7. The fraction of sp³-hybridized carbons (Fsp3) is 0.400. The number of ketones is 1. The largest absolute Gasteiger partial charge is 0.496 e. The Bertz CT molecular complexity index is 969. The first-order valence-electron chi connectivity index (χ1n) is 10.4. The van der Waals surface area contributed by atoms with Crippen LogP contribution in [0.4, 0.5) is 0 Å². The molecular formula is C25H29NO5. The first-order chi connectivity index (χ1) is 14.8. The van der Waals surface area contributed by atoms with Crippen LogP contribution >= 0.6 is 0 Å². The lowest BCUT2D eigenvalue weighted by Crippen LogP contribution is -2.47. The summed E-state index contributed by atoms with van der Waals surface area (Å²) in [6.45, 7) is 5.70. The maximum atomic E-state index is 12.6. The zero-order valence-electron chi connectivity index (χ0n) is 18.7. The average molecular weight is 424 g/mol. The van der Waals surface area contributed by atoms with Crippen molar-refractivity contribution in [3.05, 3.63) is 48.0 Å². The lowest BCUT2D eigenvalue weighted by Gasteiger charge is -2.35. The summed E-state index contributed by atoms with van der Waals surface area (Å²) in [5.41, 5.74) is 2.76. The summed E-state index contributed by atoms with van der Waals surface area (Å²) >= 11 is 0. The number of ether oxygens (including phenoxy) is 3. The Morgan fingerprint density at radius 1 is 1.10 bits per heavy atom. The van der Waals surface area contributed by atoms with Gasteiger partial charge in [-0.3, -0.25) is 9.79 Å². The smallest absolute Gasteiger partial charge is 0.331 e. The summed E-state index contributed by atoms with van der Waals surface area (Å²) < 4.78 is 16.6. The molecule has 164 valence electrons. The molecule has 2 aromatic rings. The van der Waals surface area contributed by atoms with Gasteiger partial charge in [0.15, 0.2) is 6.04 Å². The molecule has 1 atom stereocenters. The van der Waals surface area contributed by atoms with Crippen LogP contribution in [0.1, 0.15) is 32.8 Å². The van der Waals surface area contributed by atoms with E-state index in [1.54, 1.807) is 21.1 Å². The minimum atomic E-state index is -0.737. The molecule has 1 fully saturated rings. The van der Waals surface area contributed by atoms with E-state index in [-0.39, 0.29) is 18.8 Å². The molecule has 6 nitrogen and oxygen atoms in total. The number of methoxy groups -OCH3 is 2. The fourth-order valence-corrected chi connectivity index (χ4v) is 3.66. The van der Waals surface area contributed by atoms with Gasteiger partial charge in [-0.15, -0.1) is 0 Å². The quantitative estimate of drug-likeness (QED) is 0.593. The molecule has 0 aromatic heterocycles. The molecule has 0 aliphatic heterocycles. The predicted octanol–water partition coefficient (Wildman–Crippen LogP) is 4.29. The number of hydrogen-bond donors (Lipinski definition) is 0. The standard InChI is InChI=1S/C25H29NO5/c1-6-31-24(28)18(26-21-15-22(27)25(21,2)3)12-16-13-19(29-4)23(20(14-16)30-5)17-10-8-7-9-11-17/h7-11,13-14,18H,6,12,15H2,1-5H3/t18-/m0/s1. The maximum absolute atomic E-state index is 12.6. The molecule has 1 saturated carbocycles. The highest BCUT2D eigenvalue weighted by Crippen LogP contribution is 2.40. The average Bonchev–Trinajstić information content (AvgIpc) is 2.78. The Labute approximate surface area is 183 Å². The van der Waals surface area contributed by atoms with Crippen LogP contribution in [0, 0.1) is 5.41 Å². The molecule has 0 radical (unpaired) electrons. The number of Topliss-reactive ketones (excluding diaryl/α,β-unsaturated/α-hetero) is 1. The van der Waals surface area contributed by atoms with Gasteiger partial charge in [0, 0.05) is 18.6 Å². The molecule has 0 amide bonds. The van der Waals surface area contributed by atoms with Gasteiger partial charge in [-0.2, -0.15) is 0 Å². The molecule has 0 heterocycles. The summed E-state index contributed by atoms with van der Waals surface area (Å²) in [4.78, 5) is 29.2. The lowest BCUT2D eigenvalue weighted by molar-refractivity contribution is -0.144. The van der Waals surface area contributed by atoms with E-state index >= 15 is 0 Å². The summed E-state index contributed by atoms with van der Waals surface area (Å²) in [5, 5.41) is 0. The molecule has 31 heavy (non-hydrogen) atoms. The molecule has 0 spiro atoms. The van der Waals surface area contributed by atoms with E-state index in [1.807, 2.05) is 56.3 Å². The van der Waals surface area contributed by atoms with Gasteiger partial charge < -0.3 is 14.2 Å². The second-order valence-electron chi connectivity index (χ2n) is 8.01. The van der Waals surface area contributed by atoms with Crippen LogP contribution in [0.2, 0.25) is 0 Å². The van der Waals surface area contributed by atoms with Crippen LogP contribution < -0.4 is 9.47 Å². The number of carbonyl (C=O) groups excluding carboxylic acids is 2. The van der Waals surface area contributed by atoms with E-state index < -0.39 is 17.4 Å². The van der Waals surface area contributed by atoms with Crippen molar-refractivity contribution in [2.24, 2.45) is 10.4 Å². The van der Waals surface area contributed by atoms with Crippen molar-refractivity contribution in [3.63, 3.8) is 0 Å². The van der Waals surface area contributed by atoms with E-state index in [9.17, 15) is 9.59 Å². The van der Waals surface area contributed by atoms with E-state index in [0.29, 0.717) is 17.9 Å². The summed E-state index contributed by atoms with van der Waals surface area (Å²) in [5.74, 6) is 1.02. The highest BCUT2D eigenvalue weighted by Gasteiger charge is 2.44. The van der Waals surface area contributed by atoms with Gasteiger partial charge in [-0.1, -0.05) is 30.3 Å². The molecule has 0 unspecified atom stereocenters. The van der Waals surface area contributed by atoms with Gasteiger partial charge in [0.2, 0.25) is 0 Å². The molecule has 1 aliphatic carbocycles. The molecule has 0 saturated heterocycles. The number of rotatable bonds is 8. The van der Waals surface area contributed by atoms with Crippen molar-refractivity contribution in [3.8, 4) is 22.6 Å². The normalized spacial score (nSPS) is 17.1. The first kappa shape index (κ1) is 22.5. The molecule has 6 heteroatoms. The first-order valence-corrected chi connectivity index (χ1v) is 10.4. The molecule has 0 N–H and O–H groups in total. The molecule has 2 aromatic carbocycles. The topological polar surface area (TPSA) is 74.2 Å². The number of nitrogens with zero attached hydrogens (tertiary/aromatic N) is 1. The number of esters is 1. The minimum absolute atomic E-state index is 0.129. The van der Waals surface area contributed by atoms with Crippen molar-refractivity contribution in [1.29, 1.82) is 0 Å². The van der Waals surface area contributed by atoms with Crippen LogP contribution in [0.5, 0.6) is 11.5 Å². The van der Waals surface area contributed by atoms with E-state index in [4.69, 9.17) is 14.2 Å². The van der Waals surface area contributed by atoms with Gasteiger partial charge in [-0.25, -0.2) is 4.79 Å². The Morgan fingerprint density at radius 3 is 2.19 bits per heavy atom. The third-order valence-corrected chi connectivity index (χ3v) is 5.67. The highest BCUT2D eigenvalue weighted by molar-refractivity contribution is 6.26. The van der Waals surface area contributed by atoms with Crippen molar-refractivity contribution < 1.29 is 23.8 Å². The molecule has 1 aliphatic rings. The van der Waals surface area contributed by atoms with Crippen LogP contribution in [0.25, 0.3) is 11.1 Å². The third kappa shape index (κ3) is 4.63. The van der Waals surface area contributed by atoms with Crippen molar-refractivity contribution >= 4 is 17.5 Å². The SMILES string of the molecule is CCOC(=O)[C@H](Cc1cc(OC)c(-c2ccccc2)c(OC)c1)N=C1CC(=O)C1(C)C. The van der Waals surface area contributed by atoms with Crippen LogP contribution in [0.3, 0.4) is 0 Å². The summed E-state index contributed by atoms with van der Waals surface area (Å²) in [6, 6.07) is 12.9. The number of benzene rings is 2. The Morgan fingerprint density at radius 2 is 1.71 bits per heavy atom. The molecule has 0 bridgehead atoms. The lowest BCUT2D eigenvalue weighted by atomic mass is 9.68. The van der Waals surface area contributed by atoms with Crippen molar-refractivity contribution in [2.45, 2.75) is 39.7 Å². The minimum Gasteiger partial charge on any atom is -0.496 e. The second-order valence-corrected chi connectivity index (χ2v) is 8.01. The maximum Gasteiger partial charge on any atom is 0.331 e. The van der Waals surface area contributed by atoms with Crippen LogP contribution in [-0.4, -0.2) is 44.3 Å². The second kappa shape index (κ2) is 9.33. The van der Waals surface area contributed by atoms with Gasteiger partial charge in [0.1, 0.15) is 17.3 Å². The molecule has 3 rings (SSSR count). The van der Waals surface area contributed by atoms with Crippen LogP contribution in [-0.2, 0) is 20.7 Å². The van der Waals surface area contributed by atoms with Crippen molar-refractivity contribution in [1.82, 2.24) is 0 Å². The Balaban J connectivity index is 1.99. The molecular weight excluding hydrogens is 394 g/mol. The van der Waals surface area contributed by atoms with Gasteiger partial charge in [0.25, 0.3) is 0 Å². The van der Waals surface area contributed by atoms with Crippen molar-refractivity contribution in [2.75, 3.05) is 20.8 Å². The third-order valence-electron chi connectivity index (χ3n) is 5.67. The monoisotopic (exact) mass is 423 g/mol. The van der Waals surface area contributed by atoms with E-state index in [2.05, 4.69) is 4.99 Å². The van der Waals surface area contributed by atoms with Gasteiger partial charge in [0.05, 0.1) is 31.8 Å². The zero-order chi connectivity index (χ0) is 22.6. The van der Waals surface area contributed by atoms with E-state index in [1.165, 1.54) is 0 Å². The van der Waals surface area contributed by atoms with Gasteiger partial charge in [-0.05, 0) is 44.0 Å². The van der Waals surface area contributed by atoms with Gasteiger partial charge >= 0.3 is 5.97 Å². The Kier molecular flexibility index (Phi) is 6.78. The van der Waals surface area contributed by atoms with E-state index in [0.717, 1.165) is 22.4 Å². The van der Waals surface area contributed by atoms with Crippen LogP contribution in [0.15, 0.2) is 47.5 Å². The summed E-state index contributed by atoms with van der Waals surface area (Å²) in [6.07, 6.45) is 0.594. The number of carbonyl (C=O) groups is 2. The summed E-state index contributed by atoms with van der Waals surface area (Å²) in [7, 11) is 3.22. The fourth-order valence-electron chi connectivity index (χ4n) is 3.66. The Hall–Kier alpha value is -3.15. The number of hydrogen-bond acceptors (Lipinski definition) is 6.